The van der Waals surface area contributed by atoms with Gasteiger partial charge < -0.3 is 5.32 Å². The average molecular weight is 504 g/mol. The zero-order valence-corrected chi connectivity index (χ0v) is 14.6. The highest BCUT2D eigenvalue weighted by Gasteiger charge is 3.02. The van der Waals surface area contributed by atoms with Gasteiger partial charge in [0, 0.05) is 0 Å². The normalized spacial score (nSPS) is 25.0. The van der Waals surface area contributed by atoms with Crippen LogP contribution in [0.4, 0.5) is 67.2 Å². The van der Waals surface area contributed by atoms with E-state index in [1.54, 1.807) is 0 Å². The molecule has 1 aliphatic rings. The summed E-state index contributed by atoms with van der Waals surface area (Å²) in [5, 5.41) is -0.571. The van der Waals surface area contributed by atoms with Gasteiger partial charge in [0.2, 0.25) is 0 Å². The van der Waals surface area contributed by atoms with E-state index < -0.39 is 63.6 Å². The minimum absolute atomic E-state index is 0.190. The Labute approximate surface area is 166 Å². The molecule has 0 radical (unpaired) electrons. The number of carbonyl (C=O) groups is 1. The molecule has 1 N–H and O–H groups in total. The van der Waals surface area contributed by atoms with Crippen LogP contribution < -0.4 is 5.32 Å². The van der Waals surface area contributed by atoms with E-state index in [-0.39, 0.29) is 18.2 Å². The summed E-state index contributed by atoms with van der Waals surface area (Å²) in [7, 11) is 0. The van der Waals surface area contributed by atoms with Crippen LogP contribution in [0.2, 0.25) is 5.02 Å². The van der Waals surface area contributed by atoms with Crippen molar-refractivity contribution >= 4 is 23.2 Å². The van der Waals surface area contributed by atoms with E-state index in [2.05, 4.69) is 0 Å². The number of amides is 1. The van der Waals surface area contributed by atoms with Gasteiger partial charge in [-0.1, -0.05) is 11.6 Å². The fourth-order valence-electron chi connectivity index (χ4n) is 2.51. The number of rotatable bonds is 2. The third kappa shape index (κ3) is 2.88. The van der Waals surface area contributed by atoms with Crippen molar-refractivity contribution < 1.29 is 66.3 Å². The first-order chi connectivity index (χ1) is 13.5. The van der Waals surface area contributed by atoms with Gasteiger partial charge in [-0.3, -0.25) is 4.79 Å². The van der Waals surface area contributed by atoms with Crippen LogP contribution in [-0.2, 0) is 11.0 Å². The van der Waals surface area contributed by atoms with Crippen LogP contribution in [0.1, 0.15) is 5.56 Å². The first-order valence-corrected chi connectivity index (χ1v) is 7.65. The van der Waals surface area contributed by atoms with E-state index in [4.69, 9.17) is 11.6 Å². The van der Waals surface area contributed by atoms with Crippen molar-refractivity contribution in [2.45, 2.75) is 41.5 Å². The first kappa shape index (κ1) is 25.3. The Morgan fingerprint density at radius 3 is 1.52 bits per heavy atom. The Morgan fingerprint density at radius 2 is 1.13 bits per heavy atom. The summed E-state index contributed by atoms with van der Waals surface area (Å²) < 4.78 is 187. The second kappa shape index (κ2) is 6.51. The molecule has 0 aliphatic heterocycles. The summed E-state index contributed by atoms with van der Waals surface area (Å²) in [5.74, 6) is -41.4. The number of nitrogens with one attached hydrogen (secondary N) is 1. The molecule has 0 aromatic heterocycles. The van der Waals surface area contributed by atoms with E-state index in [0.717, 1.165) is 0 Å². The molecule has 1 aromatic rings. The molecule has 176 valence electrons. The summed E-state index contributed by atoms with van der Waals surface area (Å²) in [6.07, 6.45) is -5.25. The van der Waals surface area contributed by atoms with Gasteiger partial charge in [-0.05, 0) is 18.2 Å². The Kier molecular flexibility index (Phi) is 5.30. The molecule has 0 unspecified atom stereocenters. The lowest BCUT2D eigenvalue weighted by atomic mass is 9.71. The van der Waals surface area contributed by atoms with Crippen LogP contribution in [0.3, 0.4) is 0 Å². The largest absolute Gasteiger partial charge is 0.416 e. The number of halogens is 15. The van der Waals surface area contributed by atoms with Crippen molar-refractivity contribution in [3.63, 3.8) is 0 Å². The molecule has 0 saturated heterocycles. The number of benzene rings is 1. The molecular weight excluding hydrogens is 500 g/mol. The summed E-state index contributed by atoms with van der Waals surface area (Å²) >= 11 is 5.28. The lowest BCUT2D eigenvalue weighted by molar-refractivity contribution is -0.475. The molecule has 0 atom stereocenters. The minimum atomic E-state index is -7.55. The predicted molar refractivity (Wildman–Crippen MR) is 73.7 cm³/mol. The highest BCUT2D eigenvalue weighted by atomic mass is 35.5. The molecule has 17 heteroatoms. The second-order valence-corrected chi connectivity index (χ2v) is 6.58. The Morgan fingerprint density at radius 1 is 0.742 bits per heavy atom. The number of hydrogen-bond acceptors (Lipinski definition) is 1. The van der Waals surface area contributed by atoms with E-state index in [1.807, 2.05) is 0 Å². The molecule has 1 aromatic carbocycles. The van der Waals surface area contributed by atoms with Gasteiger partial charge in [0.05, 0.1) is 16.3 Å². The molecule has 2 rings (SSSR count). The zero-order chi connectivity index (χ0) is 24.6. The molecule has 1 saturated carbocycles. The van der Waals surface area contributed by atoms with Gasteiger partial charge in [0.25, 0.3) is 5.91 Å². The predicted octanol–water partition coefficient (Wildman–Crippen LogP) is 6.20. The van der Waals surface area contributed by atoms with Gasteiger partial charge >= 0.3 is 41.5 Å². The summed E-state index contributed by atoms with van der Waals surface area (Å²) in [6.45, 7) is 0. The number of alkyl halides is 14. The number of carbonyl (C=O) groups excluding carboxylic acids is 1. The van der Waals surface area contributed by atoms with Crippen LogP contribution in [0, 0.1) is 0 Å². The number of hydrogen-bond donors (Lipinski definition) is 1. The zero-order valence-electron chi connectivity index (χ0n) is 13.8. The van der Waals surface area contributed by atoms with E-state index >= 15 is 0 Å². The lowest BCUT2D eigenvalue weighted by Crippen LogP contribution is -2.86. The van der Waals surface area contributed by atoms with Crippen molar-refractivity contribution in [1.29, 1.82) is 0 Å². The summed E-state index contributed by atoms with van der Waals surface area (Å²) in [6, 6.07) is 0.183. The van der Waals surface area contributed by atoms with Crippen molar-refractivity contribution in [1.82, 2.24) is 0 Å². The van der Waals surface area contributed by atoms with Crippen LogP contribution in [0.15, 0.2) is 18.2 Å². The molecule has 31 heavy (non-hydrogen) atoms. The third-order valence-corrected chi connectivity index (χ3v) is 4.63. The highest BCUT2D eigenvalue weighted by Crippen LogP contribution is 2.69. The Balaban J connectivity index is 2.69. The maximum atomic E-state index is 14.5. The van der Waals surface area contributed by atoms with Crippen molar-refractivity contribution in [2.75, 3.05) is 5.32 Å². The molecule has 0 bridgehead atoms. The van der Waals surface area contributed by atoms with Gasteiger partial charge in [-0.25, -0.2) is 4.39 Å². The van der Waals surface area contributed by atoms with Crippen LogP contribution in [0.5, 0.6) is 0 Å². The maximum Gasteiger partial charge on any atom is 0.416 e. The standard InChI is InChI=1S/C14H4ClF14NO/c15-5-2-1-4(9(17,18)19)3-6(5)30-7(31)8(16)10(20,21)12(24,25)14(28,29)13(26,27)11(8,22)23/h1-3H,(H,30,31). The molecule has 2 nitrogen and oxygen atoms in total. The van der Waals surface area contributed by atoms with Crippen LogP contribution >= 0.6 is 11.6 Å². The van der Waals surface area contributed by atoms with Crippen molar-refractivity contribution in [3.05, 3.63) is 28.8 Å². The van der Waals surface area contributed by atoms with Gasteiger partial charge in [0.15, 0.2) is 0 Å². The Hall–Kier alpha value is -2.00. The van der Waals surface area contributed by atoms with Crippen molar-refractivity contribution in [3.8, 4) is 0 Å². The minimum Gasteiger partial charge on any atom is -0.322 e. The Bertz CT molecular complexity index is 879. The van der Waals surface area contributed by atoms with Gasteiger partial charge in [-0.2, -0.15) is 57.1 Å². The van der Waals surface area contributed by atoms with Gasteiger partial charge in [0.1, 0.15) is 0 Å². The number of anilines is 1. The maximum absolute atomic E-state index is 14.5. The molecule has 0 spiro atoms. The van der Waals surface area contributed by atoms with E-state index in [9.17, 15) is 66.3 Å². The molecule has 1 amide bonds. The monoisotopic (exact) mass is 503 g/mol. The smallest absolute Gasteiger partial charge is 0.322 e. The average Bonchev–Trinajstić information content (AvgIpc) is 2.59. The molecule has 1 fully saturated rings. The molecule has 0 heterocycles. The first-order valence-electron chi connectivity index (χ1n) is 7.28. The molecular formula is C14H4ClF14NO. The summed E-state index contributed by atoms with van der Waals surface area (Å²) in [5.41, 5.74) is -10.4. The SMILES string of the molecule is O=C(Nc1cc(C(F)(F)F)ccc1Cl)C1(F)C(F)(F)C(F)(F)C(F)(F)C(F)(F)C1(F)F. The van der Waals surface area contributed by atoms with Gasteiger partial charge in [-0.15, -0.1) is 0 Å². The fourth-order valence-corrected chi connectivity index (χ4v) is 2.68. The topological polar surface area (TPSA) is 29.1 Å². The second-order valence-electron chi connectivity index (χ2n) is 6.18. The van der Waals surface area contributed by atoms with Crippen LogP contribution in [-0.4, -0.2) is 41.2 Å². The highest BCUT2D eigenvalue weighted by molar-refractivity contribution is 6.33. The summed E-state index contributed by atoms with van der Waals surface area (Å²) in [4.78, 5) is 11.7. The third-order valence-electron chi connectivity index (χ3n) is 4.30. The quantitative estimate of drug-likeness (QED) is 0.479. The van der Waals surface area contributed by atoms with E-state index in [0.29, 0.717) is 5.32 Å². The van der Waals surface area contributed by atoms with E-state index in [1.165, 1.54) is 0 Å². The lowest BCUT2D eigenvalue weighted by Gasteiger charge is -2.51. The molecule has 1 aliphatic carbocycles. The van der Waals surface area contributed by atoms with Crippen LogP contribution in [0.25, 0.3) is 0 Å². The van der Waals surface area contributed by atoms with Crippen molar-refractivity contribution in [2.24, 2.45) is 0 Å². The fraction of sp³-hybridized carbons (Fsp3) is 0.500.